The third-order valence-electron chi connectivity index (χ3n) is 2.64. The van der Waals surface area contributed by atoms with E-state index in [0.717, 1.165) is 0 Å². The van der Waals surface area contributed by atoms with E-state index in [1.807, 2.05) is 36.4 Å². The van der Waals surface area contributed by atoms with Crippen molar-refractivity contribution in [2.45, 2.75) is 0 Å². The van der Waals surface area contributed by atoms with Crippen molar-refractivity contribution < 1.29 is 17.7 Å². The lowest BCUT2D eigenvalue weighted by Crippen LogP contribution is -2.55. The third-order valence-corrected chi connectivity index (χ3v) is 4.60. The number of benzene rings is 2. The van der Waals surface area contributed by atoms with Crippen LogP contribution in [0.5, 0.6) is 11.5 Å². The van der Waals surface area contributed by atoms with E-state index >= 15 is 0 Å². The molecule has 0 atom stereocenters. The van der Waals surface area contributed by atoms with Gasteiger partial charge in [0.2, 0.25) is 0 Å². The van der Waals surface area contributed by atoms with Crippen LogP contribution in [0.4, 0.5) is 0 Å². The van der Waals surface area contributed by atoms with Gasteiger partial charge >= 0.3 is 9.05 Å². The Kier molecular flexibility index (Phi) is 6.28. The number of hydrogen-bond donors (Lipinski definition) is 0. The fourth-order valence-electron chi connectivity index (χ4n) is 1.71. The van der Waals surface area contributed by atoms with Crippen LogP contribution >= 0.6 is 0 Å². The molecule has 0 unspecified atom stereocenters. The van der Waals surface area contributed by atoms with Crippen molar-refractivity contribution >= 4 is 9.05 Å². The van der Waals surface area contributed by atoms with Gasteiger partial charge < -0.3 is 17.7 Å². The smallest absolute Gasteiger partial charge is 0.471 e. The van der Waals surface area contributed by atoms with E-state index in [2.05, 4.69) is 11.8 Å². The predicted octanol–water partition coefficient (Wildman–Crippen LogP) is 2.88. The van der Waals surface area contributed by atoms with E-state index in [-0.39, 0.29) is 13.2 Å². The maximum Gasteiger partial charge on any atom is 0.822 e. The number of terminal acetylenes is 2. The van der Waals surface area contributed by atoms with E-state index < -0.39 is 9.05 Å². The molecule has 0 saturated carbocycles. The average molecular weight is 324 g/mol. The van der Waals surface area contributed by atoms with E-state index in [1.54, 1.807) is 24.3 Å². The van der Waals surface area contributed by atoms with Crippen molar-refractivity contribution in [3.63, 3.8) is 0 Å². The Morgan fingerprint density at radius 2 is 1.09 bits per heavy atom. The van der Waals surface area contributed by atoms with Crippen LogP contribution in [0, 0.1) is 24.7 Å². The molecule has 0 spiro atoms. The Morgan fingerprint density at radius 1 is 0.696 bits per heavy atom. The molecule has 2 rings (SSSR count). The minimum absolute atomic E-state index is 0.0174. The van der Waals surface area contributed by atoms with E-state index in [9.17, 15) is 0 Å². The molecule has 0 aliphatic carbocycles. The molecule has 2 aromatic carbocycles. The molecule has 0 aliphatic heterocycles. The molecule has 0 saturated heterocycles. The predicted molar refractivity (Wildman–Crippen MR) is 89.5 cm³/mol. The van der Waals surface area contributed by atoms with Crippen molar-refractivity contribution in [1.29, 1.82) is 0 Å². The second kappa shape index (κ2) is 8.67. The van der Waals surface area contributed by atoms with Gasteiger partial charge in [0.15, 0.2) is 0 Å². The fourth-order valence-corrected chi connectivity index (χ4v) is 3.44. The molecule has 0 bridgehead atoms. The quantitative estimate of drug-likeness (QED) is 0.553. The minimum Gasteiger partial charge on any atom is -0.471 e. The molecule has 0 heterocycles. The van der Waals surface area contributed by atoms with Gasteiger partial charge in [-0.2, -0.15) is 0 Å². The van der Waals surface area contributed by atoms with Crippen LogP contribution in [0.2, 0.25) is 0 Å². The molecule has 0 fully saturated rings. The summed E-state index contributed by atoms with van der Waals surface area (Å²) in [6.07, 6.45) is 10.6. The van der Waals surface area contributed by atoms with E-state index in [1.165, 1.54) is 0 Å². The van der Waals surface area contributed by atoms with Crippen molar-refractivity contribution in [2.24, 2.45) is 0 Å². The van der Waals surface area contributed by atoms with Gasteiger partial charge in [-0.1, -0.05) is 48.2 Å². The molecule has 0 aromatic heterocycles. The van der Waals surface area contributed by atoms with Crippen molar-refractivity contribution in [1.82, 2.24) is 0 Å². The van der Waals surface area contributed by atoms with Gasteiger partial charge in [0.1, 0.15) is 24.7 Å². The summed E-state index contributed by atoms with van der Waals surface area (Å²) in [5.74, 6) is 5.87. The lowest BCUT2D eigenvalue weighted by molar-refractivity contribution is 0.0620. The van der Waals surface area contributed by atoms with Crippen LogP contribution in [-0.2, 0) is 8.85 Å². The molecule has 0 radical (unpaired) electrons. The Bertz CT molecular complexity index is 612. The maximum absolute atomic E-state index is 5.89. The van der Waals surface area contributed by atoms with Crippen LogP contribution < -0.4 is 8.85 Å². The van der Waals surface area contributed by atoms with Crippen molar-refractivity contribution in [3.05, 3.63) is 60.7 Å². The zero-order valence-electron chi connectivity index (χ0n) is 12.5. The second-order valence-corrected chi connectivity index (χ2v) is 6.30. The highest BCUT2D eigenvalue weighted by molar-refractivity contribution is 6.55. The summed E-state index contributed by atoms with van der Waals surface area (Å²) < 4.78 is 23.0. The summed E-state index contributed by atoms with van der Waals surface area (Å²) in [6, 6.07) is 18.2. The third kappa shape index (κ3) is 5.21. The highest BCUT2D eigenvalue weighted by Gasteiger charge is 2.51. The Hall–Kier alpha value is -2.70. The zero-order chi connectivity index (χ0) is 16.4. The zero-order valence-corrected chi connectivity index (χ0v) is 13.5. The second-order valence-electron chi connectivity index (χ2n) is 4.32. The van der Waals surface area contributed by atoms with Gasteiger partial charge in [-0.25, -0.2) is 0 Å². The summed E-state index contributed by atoms with van der Waals surface area (Å²) in [5.41, 5.74) is 0. The number of hydrogen-bond acceptors (Lipinski definition) is 4. The SMILES string of the molecule is C#CCO[Si](OCC#C)(Oc1ccccc1)Oc1ccccc1. The van der Waals surface area contributed by atoms with Crippen LogP contribution in [0.1, 0.15) is 0 Å². The molecular formula is C18H16O4Si. The first-order valence-electron chi connectivity index (χ1n) is 6.91. The van der Waals surface area contributed by atoms with Crippen LogP contribution in [0.3, 0.4) is 0 Å². The molecule has 116 valence electrons. The molecule has 23 heavy (non-hydrogen) atoms. The normalized spacial score (nSPS) is 10.3. The Balaban J connectivity index is 2.28. The molecule has 2 aromatic rings. The first-order valence-corrected chi connectivity index (χ1v) is 8.54. The summed E-state index contributed by atoms with van der Waals surface area (Å²) in [4.78, 5) is 0. The highest BCUT2D eigenvalue weighted by Crippen LogP contribution is 2.22. The summed E-state index contributed by atoms with van der Waals surface area (Å²) in [6.45, 7) is -0.0348. The fraction of sp³-hybridized carbons (Fsp3) is 0.111. The van der Waals surface area contributed by atoms with Gasteiger partial charge in [0, 0.05) is 0 Å². The molecule has 5 heteroatoms. The van der Waals surface area contributed by atoms with Crippen LogP contribution in [0.25, 0.3) is 0 Å². The first-order chi connectivity index (χ1) is 11.3. The number of rotatable bonds is 8. The van der Waals surface area contributed by atoms with E-state index in [4.69, 9.17) is 30.6 Å². The standard InChI is InChI=1S/C18H16O4Si/c1-3-15-19-23(20-16-4-2,21-17-11-7-5-8-12-17)22-18-13-9-6-10-14-18/h1-2,5-14H,15-16H2. The molecule has 0 N–H and O–H groups in total. The van der Waals surface area contributed by atoms with Crippen LogP contribution in [0.15, 0.2) is 60.7 Å². The topological polar surface area (TPSA) is 36.9 Å². The van der Waals surface area contributed by atoms with Gasteiger partial charge in [-0.15, -0.1) is 12.8 Å². The number of para-hydroxylation sites is 2. The molecule has 0 amide bonds. The van der Waals surface area contributed by atoms with Crippen molar-refractivity contribution in [3.8, 4) is 36.2 Å². The van der Waals surface area contributed by atoms with E-state index in [0.29, 0.717) is 11.5 Å². The highest BCUT2D eigenvalue weighted by atomic mass is 28.4. The average Bonchev–Trinajstić information content (AvgIpc) is 2.60. The maximum atomic E-state index is 5.89. The monoisotopic (exact) mass is 324 g/mol. The minimum atomic E-state index is -3.60. The Labute approximate surface area is 137 Å². The lowest BCUT2D eigenvalue weighted by atomic mass is 10.3. The van der Waals surface area contributed by atoms with Gasteiger partial charge in [-0.3, -0.25) is 0 Å². The Morgan fingerprint density at radius 3 is 1.43 bits per heavy atom. The van der Waals surface area contributed by atoms with Gasteiger partial charge in [-0.05, 0) is 24.3 Å². The summed E-state index contributed by atoms with van der Waals surface area (Å²) >= 11 is 0. The summed E-state index contributed by atoms with van der Waals surface area (Å²) in [7, 11) is -3.60. The molecule has 4 nitrogen and oxygen atoms in total. The molecular weight excluding hydrogens is 308 g/mol. The van der Waals surface area contributed by atoms with Crippen molar-refractivity contribution in [2.75, 3.05) is 13.2 Å². The summed E-state index contributed by atoms with van der Waals surface area (Å²) in [5, 5.41) is 0. The largest absolute Gasteiger partial charge is 0.822 e. The van der Waals surface area contributed by atoms with Gasteiger partial charge in [0.25, 0.3) is 0 Å². The van der Waals surface area contributed by atoms with Gasteiger partial charge in [0.05, 0.1) is 0 Å². The first kappa shape index (κ1) is 16.7. The van der Waals surface area contributed by atoms with Crippen LogP contribution in [-0.4, -0.2) is 22.3 Å². The molecule has 0 aliphatic rings. The lowest BCUT2D eigenvalue weighted by Gasteiger charge is -2.27.